The Morgan fingerprint density at radius 3 is 1.25 bits per heavy atom. The molecule has 1 atom stereocenters. The second-order valence-electron chi connectivity index (χ2n) is 1.89. The molecule has 0 saturated carbocycles. The zero-order valence-electron chi connectivity index (χ0n) is 7.90. The van der Waals surface area contributed by atoms with Crippen LogP contribution >= 0.6 is 0 Å². The highest BCUT2D eigenvalue weighted by Gasteiger charge is 1.83. The van der Waals surface area contributed by atoms with Gasteiger partial charge < -0.3 is 25.2 Å². The van der Waals surface area contributed by atoms with Gasteiger partial charge in [-0.05, 0) is 6.92 Å². The molecule has 0 saturated heterocycles. The van der Waals surface area contributed by atoms with E-state index in [1.807, 2.05) is 0 Å². The molecule has 4 N–H and O–H groups in total. The molecule has 0 spiro atoms. The van der Waals surface area contributed by atoms with Crippen molar-refractivity contribution in [2.24, 2.45) is 0 Å². The van der Waals surface area contributed by atoms with Crippen LogP contribution in [0.2, 0.25) is 0 Å². The minimum Gasteiger partial charge on any atom is -0.394 e. The zero-order valence-corrected chi connectivity index (χ0v) is 7.90. The summed E-state index contributed by atoms with van der Waals surface area (Å²) in [5.41, 5.74) is 0. The van der Waals surface area contributed by atoms with Crippen molar-refractivity contribution in [3.63, 3.8) is 0 Å². The Morgan fingerprint density at radius 2 is 1.25 bits per heavy atom. The maximum absolute atomic E-state index is 8.11. The van der Waals surface area contributed by atoms with Crippen LogP contribution < -0.4 is 0 Å². The van der Waals surface area contributed by atoms with E-state index in [4.69, 9.17) is 20.4 Å². The smallest absolute Gasteiger partial charge is 0.0742 e. The Balaban J connectivity index is -0.000000105. The van der Waals surface area contributed by atoms with Crippen molar-refractivity contribution < 1.29 is 25.2 Å². The number of ether oxygens (including phenoxy) is 1. The lowest BCUT2D eigenvalue weighted by atomic mass is 10.5. The molecule has 12 heavy (non-hydrogen) atoms. The molecule has 0 aromatic rings. The molecule has 0 aliphatic rings. The van der Waals surface area contributed by atoms with Gasteiger partial charge in [0.1, 0.15) is 0 Å². The first-order valence-corrected chi connectivity index (χ1v) is 3.51. The van der Waals surface area contributed by atoms with Crippen molar-refractivity contribution in [3.8, 4) is 0 Å². The number of hydrogen-bond donors (Lipinski definition) is 4. The van der Waals surface area contributed by atoms with Gasteiger partial charge in [0.15, 0.2) is 0 Å². The molecular weight excluding hydrogens is 164 g/mol. The molecule has 5 nitrogen and oxygen atoms in total. The predicted octanol–water partition coefficient (Wildman–Crippen LogP) is -1.41. The lowest BCUT2D eigenvalue weighted by molar-refractivity contribution is 0.110. The van der Waals surface area contributed by atoms with Gasteiger partial charge in [0.25, 0.3) is 0 Å². The van der Waals surface area contributed by atoms with Gasteiger partial charge >= 0.3 is 0 Å². The third-order valence-corrected chi connectivity index (χ3v) is 0.364. The SMILES string of the molecule is CC(O)CO.COC.OCCO. The first-order valence-electron chi connectivity index (χ1n) is 3.51. The molecular formula is C7H20O5. The van der Waals surface area contributed by atoms with Crippen LogP contribution in [0.1, 0.15) is 6.92 Å². The van der Waals surface area contributed by atoms with Gasteiger partial charge in [-0.3, -0.25) is 0 Å². The fourth-order valence-corrected chi connectivity index (χ4v) is 0. The van der Waals surface area contributed by atoms with E-state index in [0.29, 0.717) is 0 Å². The van der Waals surface area contributed by atoms with E-state index >= 15 is 0 Å². The first-order chi connectivity index (χ1) is 5.60. The molecule has 0 bridgehead atoms. The second-order valence-corrected chi connectivity index (χ2v) is 1.89. The number of aliphatic hydroxyl groups excluding tert-OH is 4. The van der Waals surface area contributed by atoms with Crippen LogP contribution in [-0.2, 0) is 4.74 Å². The third-order valence-electron chi connectivity index (χ3n) is 0.364. The summed E-state index contributed by atoms with van der Waals surface area (Å²) in [7, 11) is 3.25. The Labute approximate surface area is 73.2 Å². The van der Waals surface area contributed by atoms with Crippen LogP contribution in [0.15, 0.2) is 0 Å². The minimum absolute atomic E-state index is 0.125. The van der Waals surface area contributed by atoms with Gasteiger partial charge in [-0.1, -0.05) is 0 Å². The summed E-state index contributed by atoms with van der Waals surface area (Å²) in [4.78, 5) is 0. The van der Waals surface area contributed by atoms with Gasteiger partial charge in [-0.15, -0.1) is 0 Å². The fourth-order valence-electron chi connectivity index (χ4n) is 0. The highest BCUT2D eigenvalue weighted by atomic mass is 16.4. The van der Waals surface area contributed by atoms with Gasteiger partial charge in [0.2, 0.25) is 0 Å². The second kappa shape index (κ2) is 22.4. The molecule has 0 amide bonds. The molecule has 5 heteroatoms. The van der Waals surface area contributed by atoms with E-state index in [-0.39, 0.29) is 19.8 Å². The molecule has 0 aromatic heterocycles. The molecule has 0 aliphatic heterocycles. The normalized spacial score (nSPS) is 10.2. The van der Waals surface area contributed by atoms with Crippen molar-refractivity contribution in [2.75, 3.05) is 34.0 Å². The summed E-state index contributed by atoms with van der Waals surface area (Å²) >= 11 is 0. The van der Waals surface area contributed by atoms with E-state index in [1.165, 1.54) is 6.92 Å². The fraction of sp³-hybridized carbons (Fsp3) is 1.00. The van der Waals surface area contributed by atoms with Crippen molar-refractivity contribution in [3.05, 3.63) is 0 Å². The Hall–Kier alpha value is -0.200. The summed E-state index contributed by atoms with van der Waals surface area (Å²) in [5.74, 6) is 0. The van der Waals surface area contributed by atoms with Crippen LogP contribution in [-0.4, -0.2) is 60.6 Å². The average Bonchev–Trinajstić information content (AvgIpc) is 2.06. The summed E-state index contributed by atoms with van der Waals surface area (Å²) < 4.78 is 4.25. The quantitative estimate of drug-likeness (QED) is 0.423. The topological polar surface area (TPSA) is 90.2 Å². The largest absolute Gasteiger partial charge is 0.394 e. The van der Waals surface area contributed by atoms with Gasteiger partial charge in [0.05, 0.1) is 25.9 Å². The summed E-state index contributed by atoms with van der Waals surface area (Å²) in [6.45, 7) is 1.14. The van der Waals surface area contributed by atoms with E-state index in [2.05, 4.69) is 4.74 Å². The number of rotatable bonds is 2. The highest BCUT2D eigenvalue weighted by molar-refractivity contribution is 4.34. The average molecular weight is 184 g/mol. The van der Waals surface area contributed by atoms with Crippen LogP contribution in [0.5, 0.6) is 0 Å². The van der Waals surface area contributed by atoms with E-state index in [1.54, 1.807) is 14.2 Å². The van der Waals surface area contributed by atoms with Gasteiger partial charge in [-0.25, -0.2) is 0 Å². The lowest BCUT2D eigenvalue weighted by Crippen LogP contribution is -2.03. The van der Waals surface area contributed by atoms with E-state index < -0.39 is 6.10 Å². The zero-order chi connectivity index (χ0) is 10.4. The minimum atomic E-state index is -0.560. The van der Waals surface area contributed by atoms with Crippen LogP contribution in [0, 0.1) is 0 Å². The maximum atomic E-state index is 8.11. The molecule has 0 rings (SSSR count). The molecule has 0 aromatic carbocycles. The highest BCUT2D eigenvalue weighted by Crippen LogP contribution is 1.68. The standard InChI is InChI=1S/C3H8O2.C2H6O2.C2H6O/c1-3(5)2-4;3-1-2-4;1-3-2/h3-5H,2H2,1H3;3-4H,1-2H2;1-2H3. The molecule has 0 aliphatic carbocycles. The van der Waals surface area contributed by atoms with Gasteiger partial charge in [0, 0.05) is 14.2 Å². The Kier molecular flexibility index (Phi) is 33.2. The Morgan fingerprint density at radius 1 is 1.08 bits per heavy atom. The number of aliphatic hydroxyl groups is 4. The number of methoxy groups -OCH3 is 1. The third kappa shape index (κ3) is 96.8. The molecule has 0 heterocycles. The van der Waals surface area contributed by atoms with Crippen LogP contribution in [0.4, 0.5) is 0 Å². The maximum Gasteiger partial charge on any atom is 0.0742 e. The molecule has 78 valence electrons. The van der Waals surface area contributed by atoms with Crippen LogP contribution in [0.25, 0.3) is 0 Å². The van der Waals surface area contributed by atoms with Gasteiger partial charge in [-0.2, -0.15) is 0 Å². The lowest BCUT2D eigenvalue weighted by Gasteiger charge is -1.90. The van der Waals surface area contributed by atoms with Crippen LogP contribution in [0.3, 0.4) is 0 Å². The van der Waals surface area contributed by atoms with Crippen molar-refractivity contribution in [1.29, 1.82) is 0 Å². The van der Waals surface area contributed by atoms with E-state index in [0.717, 1.165) is 0 Å². The molecule has 0 fully saturated rings. The molecule has 0 radical (unpaired) electrons. The molecule has 1 unspecified atom stereocenters. The summed E-state index contributed by atoms with van der Waals surface area (Å²) in [6.07, 6.45) is -0.560. The first kappa shape index (κ1) is 17.8. The van der Waals surface area contributed by atoms with Crippen molar-refractivity contribution in [2.45, 2.75) is 13.0 Å². The van der Waals surface area contributed by atoms with Crippen molar-refractivity contribution in [1.82, 2.24) is 0 Å². The summed E-state index contributed by atoms with van der Waals surface area (Å²) in [6, 6.07) is 0. The Bertz CT molecular complexity index is 47.1. The van der Waals surface area contributed by atoms with E-state index in [9.17, 15) is 0 Å². The predicted molar refractivity (Wildman–Crippen MR) is 45.9 cm³/mol. The summed E-state index contributed by atoms with van der Waals surface area (Å²) in [5, 5.41) is 31.3. The monoisotopic (exact) mass is 184 g/mol. The van der Waals surface area contributed by atoms with Crippen molar-refractivity contribution >= 4 is 0 Å². The number of hydrogen-bond acceptors (Lipinski definition) is 5.